The Morgan fingerprint density at radius 2 is 1.81 bits per heavy atom. The Kier molecular flexibility index (Phi) is 7.72. The number of nitrogens with one attached hydrogen (secondary N) is 1. The quantitative estimate of drug-likeness (QED) is 0.450. The van der Waals surface area contributed by atoms with Gasteiger partial charge in [-0.05, 0) is 50.2 Å². The summed E-state index contributed by atoms with van der Waals surface area (Å²) in [6.45, 7) is 4.48. The Balaban J connectivity index is 1.64. The number of amides is 2. The number of ether oxygens (including phenoxy) is 2. The maximum Gasteiger partial charge on any atom is 0.250 e. The number of methoxy groups -OCH3 is 1. The number of carbonyl (C=O) groups excluding carboxylic acids is 2. The Morgan fingerprint density at radius 3 is 2.47 bits per heavy atom. The summed E-state index contributed by atoms with van der Waals surface area (Å²) in [7, 11) is 1.61. The second-order valence-corrected chi connectivity index (χ2v) is 7.71. The van der Waals surface area contributed by atoms with Gasteiger partial charge in [0.2, 0.25) is 5.91 Å². The minimum absolute atomic E-state index is 0.0962. The molecule has 2 amide bonds. The van der Waals surface area contributed by atoms with Gasteiger partial charge in [0.25, 0.3) is 5.91 Å². The van der Waals surface area contributed by atoms with Crippen molar-refractivity contribution in [3.8, 4) is 11.5 Å². The Bertz CT molecular complexity index is 1080. The second kappa shape index (κ2) is 10.7. The highest BCUT2D eigenvalue weighted by molar-refractivity contribution is 7.99. The fourth-order valence-electron chi connectivity index (χ4n) is 3.04. The van der Waals surface area contributed by atoms with Crippen LogP contribution in [0, 0.1) is 0 Å². The zero-order valence-electron chi connectivity index (χ0n) is 18.1. The molecular weight excluding hydrogens is 430 g/mol. The highest BCUT2D eigenvalue weighted by Crippen LogP contribution is 2.26. The van der Waals surface area contributed by atoms with Crippen molar-refractivity contribution in [2.45, 2.75) is 31.7 Å². The normalized spacial score (nSPS) is 11.6. The molecule has 0 spiro atoms. The molecule has 0 aliphatic heterocycles. The molecule has 0 saturated carbocycles. The van der Waals surface area contributed by atoms with Gasteiger partial charge in [-0.3, -0.25) is 9.59 Å². The molecule has 3 rings (SSSR count). The Hall–Kier alpha value is -3.53. The van der Waals surface area contributed by atoms with E-state index in [2.05, 4.69) is 15.5 Å². The minimum Gasteiger partial charge on any atom is -0.497 e. The predicted octanol–water partition coefficient (Wildman–Crippen LogP) is 3.28. The van der Waals surface area contributed by atoms with Gasteiger partial charge in [-0.2, -0.15) is 0 Å². The third kappa shape index (κ3) is 5.58. The SMILES string of the molecule is CCn1c(SCC(=O)Nc2ccccc2C(N)=O)nnc1C(C)Oc1ccc(OC)cc1. The van der Waals surface area contributed by atoms with Crippen LogP contribution in [0.3, 0.4) is 0 Å². The number of benzene rings is 2. The zero-order valence-corrected chi connectivity index (χ0v) is 18.9. The van der Waals surface area contributed by atoms with E-state index < -0.39 is 5.91 Å². The van der Waals surface area contributed by atoms with Crippen LogP contribution in [0.1, 0.15) is 36.1 Å². The molecule has 0 bridgehead atoms. The lowest BCUT2D eigenvalue weighted by Gasteiger charge is -2.16. The van der Waals surface area contributed by atoms with Crippen molar-refractivity contribution < 1.29 is 19.1 Å². The van der Waals surface area contributed by atoms with Crippen LogP contribution in [0.5, 0.6) is 11.5 Å². The molecule has 3 N–H and O–H groups in total. The maximum absolute atomic E-state index is 12.4. The van der Waals surface area contributed by atoms with E-state index in [0.717, 1.165) is 5.75 Å². The van der Waals surface area contributed by atoms with E-state index in [0.29, 0.717) is 29.0 Å². The maximum atomic E-state index is 12.4. The van der Waals surface area contributed by atoms with Crippen LogP contribution >= 0.6 is 11.8 Å². The van der Waals surface area contributed by atoms with Crippen LogP contribution in [0.15, 0.2) is 53.7 Å². The van der Waals surface area contributed by atoms with Crippen molar-refractivity contribution in [3.05, 3.63) is 59.9 Å². The van der Waals surface area contributed by atoms with E-state index >= 15 is 0 Å². The second-order valence-electron chi connectivity index (χ2n) is 6.77. The summed E-state index contributed by atoms with van der Waals surface area (Å²) in [6.07, 6.45) is -0.346. The van der Waals surface area contributed by atoms with Crippen LogP contribution in [0.4, 0.5) is 5.69 Å². The van der Waals surface area contributed by atoms with Crippen molar-refractivity contribution in [2.24, 2.45) is 5.73 Å². The van der Waals surface area contributed by atoms with Gasteiger partial charge < -0.3 is 25.1 Å². The summed E-state index contributed by atoms with van der Waals surface area (Å²) in [5.41, 5.74) is 6.00. The van der Waals surface area contributed by atoms with Crippen LogP contribution < -0.4 is 20.5 Å². The number of para-hydroxylation sites is 1. The summed E-state index contributed by atoms with van der Waals surface area (Å²) >= 11 is 1.25. The molecule has 0 saturated heterocycles. The number of hydrogen-bond donors (Lipinski definition) is 2. The van der Waals surface area contributed by atoms with Gasteiger partial charge in [-0.25, -0.2) is 0 Å². The molecule has 32 heavy (non-hydrogen) atoms. The molecule has 0 fully saturated rings. The predicted molar refractivity (Wildman–Crippen MR) is 122 cm³/mol. The third-order valence-electron chi connectivity index (χ3n) is 4.60. The van der Waals surface area contributed by atoms with Crippen LogP contribution in [0.25, 0.3) is 0 Å². The number of thioether (sulfide) groups is 1. The largest absolute Gasteiger partial charge is 0.497 e. The average molecular weight is 456 g/mol. The number of anilines is 1. The number of nitrogens with zero attached hydrogens (tertiary/aromatic N) is 3. The molecule has 1 heterocycles. The number of nitrogens with two attached hydrogens (primary N) is 1. The summed E-state index contributed by atoms with van der Waals surface area (Å²) in [6, 6.07) is 13.9. The number of rotatable bonds is 10. The third-order valence-corrected chi connectivity index (χ3v) is 5.56. The van der Waals surface area contributed by atoms with E-state index in [9.17, 15) is 9.59 Å². The first-order chi connectivity index (χ1) is 15.4. The lowest BCUT2D eigenvalue weighted by Crippen LogP contribution is -2.19. The zero-order chi connectivity index (χ0) is 23.1. The van der Waals surface area contributed by atoms with Gasteiger partial charge >= 0.3 is 0 Å². The van der Waals surface area contributed by atoms with Crippen LogP contribution in [0.2, 0.25) is 0 Å². The van der Waals surface area contributed by atoms with Crippen LogP contribution in [-0.4, -0.2) is 39.4 Å². The Morgan fingerprint density at radius 1 is 1.12 bits per heavy atom. The summed E-state index contributed by atoms with van der Waals surface area (Å²) in [4.78, 5) is 23.9. The number of carbonyl (C=O) groups is 2. The van der Waals surface area contributed by atoms with Crippen LogP contribution in [-0.2, 0) is 11.3 Å². The monoisotopic (exact) mass is 455 g/mol. The smallest absolute Gasteiger partial charge is 0.250 e. The van der Waals surface area contributed by atoms with Gasteiger partial charge in [-0.15, -0.1) is 10.2 Å². The molecule has 9 nitrogen and oxygen atoms in total. The molecule has 2 aromatic carbocycles. The van der Waals surface area contributed by atoms with Gasteiger partial charge in [-0.1, -0.05) is 23.9 Å². The van der Waals surface area contributed by atoms with Crippen molar-refractivity contribution in [1.29, 1.82) is 0 Å². The topological polar surface area (TPSA) is 121 Å². The molecular formula is C22H25N5O4S. The Labute approximate surface area is 190 Å². The van der Waals surface area contributed by atoms with Crippen molar-refractivity contribution in [2.75, 3.05) is 18.2 Å². The standard InChI is InChI=1S/C22H25N5O4S/c1-4-27-21(14(2)31-16-11-9-15(30-3)10-12-16)25-26-22(27)32-13-19(28)24-18-8-6-5-7-17(18)20(23)29/h5-12,14H,4,13H2,1-3H3,(H2,23,29)(H,24,28). The molecule has 3 aromatic rings. The molecule has 0 aliphatic rings. The summed E-state index contributed by atoms with van der Waals surface area (Å²) < 4.78 is 13.1. The van der Waals surface area contributed by atoms with Gasteiger partial charge in [0.15, 0.2) is 17.1 Å². The van der Waals surface area contributed by atoms with Gasteiger partial charge in [0.1, 0.15) is 11.5 Å². The van der Waals surface area contributed by atoms with E-state index in [1.165, 1.54) is 11.8 Å². The number of primary amides is 1. The molecule has 1 aromatic heterocycles. The first-order valence-corrected chi connectivity index (χ1v) is 11.0. The first kappa shape index (κ1) is 23.1. The molecule has 10 heteroatoms. The van der Waals surface area contributed by atoms with Crippen molar-refractivity contribution >= 4 is 29.3 Å². The minimum atomic E-state index is -0.602. The molecule has 1 atom stereocenters. The van der Waals surface area contributed by atoms with E-state index in [-0.39, 0.29) is 23.3 Å². The van der Waals surface area contributed by atoms with Gasteiger partial charge in [0, 0.05) is 6.54 Å². The van der Waals surface area contributed by atoms with Crippen molar-refractivity contribution in [3.63, 3.8) is 0 Å². The van der Waals surface area contributed by atoms with E-state index in [4.69, 9.17) is 15.2 Å². The fourth-order valence-corrected chi connectivity index (χ4v) is 3.85. The number of hydrogen-bond acceptors (Lipinski definition) is 7. The molecule has 1 unspecified atom stereocenters. The average Bonchev–Trinajstić information content (AvgIpc) is 3.21. The highest BCUT2D eigenvalue weighted by atomic mass is 32.2. The molecule has 0 radical (unpaired) electrons. The fraction of sp³-hybridized carbons (Fsp3) is 0.273. The number of aromatic nitrogens is 3. The summed E-state index contributed by atoms with van der Waals surface area (Å²) in [5, 5.41) is 11.8. The first-order valence-electron chi connectivity index (χ1n) is 9.98. The highest BCUT2D eigenvalue weighted by Gasteiger charge is 2.20. The lowest BCUT2D eigenvalue weighted by atomic mass is 10.1. The van der Waals surface area contributed by atoms with E-state index in [1.54, 1.807) is 31.4 Å². The summed E-state index contributed by atoms with van der Waals surface area (Å²) in [5.74, 6) is 1.31. The molecule has 0 aliphatic carbocycles. The van der Waals surface area contributed by atoms with Gasteiger partial charge in [0.05, 0.1) is 24.1 Å². The van der Waals surface area contributed by atoms with E-state index in [1.807, 2.05) is 42.7 Å². The molecule has 168 valence electrons. The lowest BCUT2D eigenvalue weighted by molar-refractivity contribution is -0.113. The van der Waals surface area contributed by atoms with Crippen molar-refractivity contribution in [1.82, 2.24) is 14.8 Å².